The first-order chi connectivity index (χ1) is 9.51. The molecule has 0 amide bonds. The van der Waals surface area contributed by atoms with Crippen LogP contribution in [0.3, 0.4) is 0 Å². The smallest absolute Gasteiger partial charge is 0.220 e. The van der Waals surface area contributed by atoms with Crippen LogP contribution >= 0.6 is 0 Å². The van der Waals surface area contributed by atoms with Crippen LogP contribution in [0, 0.1) is 6.92 Å². The largest absolute Gasteiger partial charge is 0.300 e. The van der Waals surface area contributed by atoms with Gasteiger partial charge < -0.3 is 0 Å². The number of alkyl halides is 3. The third-order valence-electron chi connectivity index (χ3n) is 4.01. The number of sulfone groups is 1. The highest BCUT2D eigenvalue weighted by Gasteiger charge is 2.65. The molecule has 0 bridgehead atoms. The van der Waals surface area contributed by atoms with E-state index in [1.54, 1.807) is 6.92 Å². The maximum absolute atomic E-state index is 15.0. The summed E-state index contributed by atoms with van der Waals surface area (Å²) in [6.07, 6.45) is -1.68. The van der Waals surface area contributed by atoms with E-state index in [1.165, 1.54) is 38.1 Å². The molecule has 0 saturated carbocycles. The van der Waals surface area contributed by atoms with Gasteiger partial charge in [-0.3, -0.25) is 0 Å². The fourth-order valence-corrected chi connectivity index (χ4v) is 4.17. The molecule has 0 aromatic heterocycles. The van der Waals surface area contributed by atoms with Gasteiger partial charge in [-0.2, -0.15) is 0 Å². The fraction of sp³-hybridized carbons (Fsp3) is 0.467. The van der Waals surface area contributed by atoms with Crippen LogP contribution in [-0.2, 0) is 9.84 Å². The van der Waals surface area contributed by atoms with E-state index in [0.717, 1.165) is 5.56 Å². The van der Waals surface area contributed by atoms with Gasteiger partial charge in [-0.15, -0.1) is 0 Å². The van der Waals surface area contributed by atoms with Crippen molar-refractivity contribution in [1.29, 1.82) is 0 Å². The van der Waals surface area contributed by atoms with Crippen LogP contribution in [0.4, 0.5) is 13.2 Å². The molecule has 0 radical (unpaired) electrons. The summed E-state index contributed by atoms with van der Waals surface area (Å²) < 4.78 is 68.1. The van der Waals surface area contributed by atoms with E-state index in [4.69, 9.17) is 0 Å². The minimum Gasteiger partial charge on any atom is -0.220 e. The fourth-order valence-electron chi connectivity index (χ4n) is 2.43. The van der Waals surface area contributed by atoms with Crippen LogP contribution in [-0.4, -0.2) is 19.3 Å². The Balaban J connectivity index is 2.59. The third-order valence-corrected chi connectivity index (χ3v) is 6.20. The van der Waals surface area contributed by atoms with Crippen LogP contribution in [0.2, 0.25) is 0 Å². The number of halogens is 3. The molecule has 6 heteroatoms. The zero-order valence-corrected chi connectivity index (χ0v) is 12.9. The molecular formula is C15H17F3O2S. The highest BCUT2D eigenvalue weighted by atomic mass is 32.2. The van der Waals surface area contributed by atoms with Gasteiger partial charge in [0.05, 0.1) is 4.90 Å². The van der Waals surface area contributed by atoms with Crippen molar-refractivity contribution in [2.75, 3.05) is 0 Å². The molecule has 1 aromatic carbocycles. The highest BCUT2D eigenvalue weighted by molar-refractivity contribution is 7.92. The molecular weight excluding hydrogens is 301 g/mol. The summed E-state index contributed by atoms with van der Waals surface area (Å²) in [6, 6.07) is 5.27. The lowest BCUT2D eigenvalue weighted by atomic mass is 9.89. The highest BCUT2D eigenvalue weighted by Crippen LogP contribution is 2.51. The molecule has 2 rings (SSSR count). The predicted octanol–water partition coefficient (Wildman–Crippen LogP) is 4.20. The topological polar surface area (TPSA) is 34.1 Å². The van der Waals surface area contributed by atoms with Gasteiger partial charge in [0.15, 0.2) is 0 Å². The first kappa shape index (κ1) is 16.1. The Morgan fingerprint density at radius 1 is 0.905 bits per heavy atom. The SMILES string of the molecule is CC1=C(C)CC(F)(S(=O)(=O)c2ccc(C)cc2)C(F)(F)C1. The van der Waals surface area contributed by atoms with Gasteiger partial charge in [-0.25, -0.2) is 21.6 Å². The second kappa shape index (κ2) is 4.87. The number of aryl methyl sites for hydroxylation is 1. The lowest BCUT2D eigenvalue weighted by Gasteiger charge is -2.37. The monoisotopic (exact) mass is 318 g/mol. The molecule has 2 nitrogen and oxygen atoms in total. The van der Waals surface area contributed by atoms with Crippen molar-refractivity contribution in [1.82, 2.24) is 0 Å². The van der Waals surface area contributed by atoms with E-state index in [-0.39, 0.29) is 0 Å². The van der Waals surface area contributed by atoms with E-state index in [2.05, 4.69) is 0 Å². The Bertz CT molecular complexity index is 690. The molecule has 1 unspecified atom stereocenters. The van der Waals surface area contributed by atoms with Crippen molar-refractivity contribution in [2.24, 2.45) is 0 Å². The second-order valence-electron chi connectivity index (χ2n) is 5.66. The maximum Gasteiger partial charge on any atom is 0.300 e. The van der Waals surface area contributed by atoms with E-state index in [1.807, 2.05) is 0 Å². The molecule has 0 aliphatic heterocycles. The molecule has 0 N–H and O–H groups in total. The van der Waals surface area contributed by atoms with Crippen LogP contribution in [0.5, 0.6) is 0 Å². The average Bonchev–Trinajstić information content (AvgIpc) is 2.36. The molecule has 0 spiro atoms. The summed E-state index contributed by atoms with van der Waals surface area (Å²) in [7, 11) is -4.79. The molecule has 0 heterocycles. The summed E-state index contributed by atoms with van der Waals surface area (Å²) >= 11 is 0. The normalized spacial score (nSPS) is 26.0. The van der Waals surface area contributed by atoms with Crippen molar-refractivity contribution in [3.05, 3.63) is 41.0 Å². The summed E-state index contributed by atoms with van der Waals surface area (Å²) in [4.78, 5) is -0.414. The van der Waals surface area contributed by atoms with Gasteiger partial charge >= 0.3 is 0 Å². The predicted molar refractivity (Wildman–Crippen MR) is 74.8 cm³/mol. The van der Waals surface area contributed by atoms with Gasteiger partial charge in [0.1, 0.15) is 0 Å². The minimum absolute atomic E-state index is 0.340. The number of hydrogen-bond donors (Lipinski definition) is 0. The molecule has 1 aromatic rings. The van der Waals surface area contributed by atoms with Crippen LogP contribution in [0.25, 0.3) is 0 Å². The van der Waals surface area contributed by atoms with Crippen molar-refractivity contribution in [2.45, 2.75) is 49.4 Å². The molecule has 116 valence electrons. The van der Waals surface area contributed by atoms with Gasteiger partial charge in [0.25, 0.3) is 10.9 Å². The van der Waals surface area contributed by atoms with Crippen molar-refractivity contribution in [3.63, 3.8) is 0 Å². The number of hydrogen-bond acceptors (Lipinski definition) is 2. The minimum atomic E-state index is -4.79. The zero-order chi connectivity index (χ0) is 16.1. The number of rotatable bonds is 2. The Hall–Kier alpha value is -1.30. The molecule has 1 aliphatic rings. The number of allylic oxidation sites excluding steroid dienone is 2. The molecule has 21 heavy (non-hydrogen) atoms. The van der Waals surface area contributed by atoms with E-state index >= 15 is 0 Å². The summed E-state index contributed by atoms with van der Waals surface area (Å²) in [5.74, 6) is -3.94. The Labute approximate surface area is 122 Å². The van der Waals surface area contributed by atoms with Gasteiger partial charge in [0.2, 0.25) is 9.84 Å². The summed E-state index contributed by atoms with van der Waals surface area (Å²) in [5.41, 5.74) is 1.47. The summed E-state index contributed by atoms with van der Waals surface area (Å²) in [5, 5.41) is -3.60. The summed E-state index contributed by atoms with van der Waals surface area (Å²) in [6.45, 7) is 4.69. The first-order valence-electron chi connectivity index (χ1n) is 6.54. The Kier molecular flexibility index (Phi) is 3.72. The van der Waals surface area contributed by atoms with E-state index in [0.29, 0.717) is 11.1 Å². The molecule has 1 aliphatic carbocycles. The van der Waals surface area contributed by atoms with Gasteiger partial charge in [-0.1, -0.05) is 28.8 Å². The third kappa shape index (κ3) is 2.39. The zero-order valence-electron chi connectivity index (χ0n) is 12.1. The second-order valence-corrected chi connectivity index (χ2v) is 7.79. The van der Waals surface area contributed by atoms with Crippen LogP contribution < -0.4 is 0 Å². The van der Waals surface area contributed by atoms with E-state index in [9.17, 15) is 21.6 Å². The van der Waals surface area contributed by atoms with Crippen LogP contribution in [0.1, 0.15) is 32.3 Å². The molecule has 1 atom stereocenters. The lowest BCUT2D eigenvalue weighted by molar-refractivity contribution is -0.0990. The Morgan fingerprint density at radius 2 is 1.38 bits per heavy atom. The molecule has 0 saturated heterocycles. The van der Waals surface area contributed by atoms with Crippen molar-refractivity contribution >= 4 is 9.84 Å². The number of benzene rings is 1. The van der Waals surface area contributed by atoms with Gasteiger partial charge in [-0.05, 0) is 32.9 Å². The lowest BCUT2D eigenvalue weighted by Crippen LogP contribution is -2.52. The average molecular weight is 318 g/mol. The molecule has 0 fully saturated rings. The van der Waals surface area contributed by atoms with Crippen molar-refractivity contribution in [3.8, 4) is 0 Å². The van der Waals surface area contributed by atoms with Gasteiger partial charge in [0, 0.05) is 12.8 Å². The quantitative estimate of drug-likeness (QED) is 0.766. The standard InChI is InChI=1S/C15H17F3O2S/c1-10-4-6-13(7-5-10)21(19,20)15(18)9-12(3)11(2)8-14(15,16)17/h4-7H,8-9H2,1-3H3. The van der Waals surface area contributed by atoms with Crippen LogP contribution in [0.15, 0.2) is 40.3 Å². The Morgan fingerprint density at radius 3 is 1.90 bits per heavy atom. The first-order valence-corrected chi connectivity index (χ1v) is 8.03. The maximum atomic E-state index is 15.0. The van der Waals surface area contributed by atoms with E-state index < -0.39 is 38.5 Å². The van der Waals surface area contributed by atoms with Crippen molar-refractivity contribution < 1.29 is 21.6 Å².